The highest BCUT2D eigenvalue weighted by Crippen LogP contribution is 2.25. The number of carbonyl (C=O) groups is 2. The van der Waals surface area contributed by atoms with Gasteiger partial charge in [0.15, 0.2) is 6.61 Å². The number of hydrogen-bond acceptors (Lipinski definition) is 5. The number of piperazine rings is 1. The molecule has 0 N–H and O–H groups in total. The van der Waals surface area contributed by atoms with Crippen molar-refractivity contribution in [2.45, 2.75) is 6.54 Å². The minimum absolute atomic E-state index is 0.163. The topological polar surface area (TPSA) is 56.3 Å². The Labute approximate surface area is 222 Å². The molecule has 2 amide bonds. The molecule has 1 aliphatic rings. The summed E-state index contributed by atoms with van der Waals surface area (Å²) in [4.78, 5) is 32.8. The van der Waals surface area contributed by atoms with Crippen LogP contribution in [0.15, 0.2) is 36.4 Å². The zero-order chi connectivity index (χ0) is 25.5. The minimum atomic E-state index is -0.199. The first kappa shape index (κ1) is 27.6. The SMILES string of the molecule is CN(C)C(=O)COc1cc(Cl)ccc1C(=O)N(C)CCN1CCN(Cc2ccc(Cl)c(Cl)c2)CC1. The summed E-state index contributed by atoms with van der Waals surface area (Å²) in [5.41, 5.74) is 1.53. The summed E-state index contributed by atoms with van der Waals surface area (Å²) < 4.78 is 5.63. The molecule has 35 heavy (non-hydrogen) atoms. The summed E-state index contributed by atoms with van der Waals surface area (Å²) in [6.45, 7) is 5.73. The minimum Gasteiger partial charge on any atom is -0.483 e. The van der Waals surface area contributed by atoms with Gasteiger partial charge in [-0.3, -0.25) is 19.4 Å². The lowest BCUT2D eigenvalue weighted by molar-refractivity contribution is -0.130. The summed E-state index contributed by atoms with van der Waals surface area (Å²) in [6, 6.07) is 10.6. The zero-order valence-electron chi connectivity index (χ0n) is 20.3. The number of likely N-dealkylation sites (N-methyl/N-ethyl adjacent to an activating group) is 2. The second-order valence-corrected chi connectivity index (χ2v) is 10.1. The Kier molecular flexibility index (Phi) is 10.1. The van der Waals surface area contributed by atoms with Crippen molar-refractivity contribution in [2.75, 3.05) is 67.0 Å². The number of carbonyl (C=O) groups excluding carboxylic acids is 2. The Morgan fingerprint density at radius 2 is 1.60 bits per heavy atom. The van der Waals surface area contributed by atoms with Crippen LogP contribution in [0.2, 0.25) is 15.1 Å². The Bertz CT molecular complexity index is 1040. The maximum Gasteiger partial charge on any atom is 0.259 e. The molecular weight excluding hydrogens is 511 g/mol. The standard InChI is InChI=1S/C25H31Cl3N4O3/c1-29(2)24(33)17-35-23-15-19(26)5-6-20(23)25(34)30(3)8-9-31-10-12-32(13-11-31)16-18-4-7-21(27)22(28)14-18/h4-7,14-15H,8-13,16-17H2,1-3H3. The van der Waals surface area contributed by atoms with Gasteiger partial charge < -0.3 is 14.5 Å². The van der Waals surface area contributed by atoms with Crippen molar-refractivity contribution in [3.8, 4) is 5.75 Å². The van der Waals surface area contributed by atoms with Gasteiger partial charge in [0.2, 0.25) is 0 Å². The third kappa shape index (κ3) is 7.98. The quantitative estimate of drug-likeness (QED) is 0.480. The van der Waals surface area contributed by atoms with E-state index in [1.54, 1.807) is 44.2 Å². The highest BCUT2D eigenvalue weighted by molar-refractivity contribution is 6.42. The van der Waals surface area contributed by atoms with E-state index in [2.05, 4.69) is 9.80 Å². The van der Waals surface area contributed by atoms with Crippen LogP contribution in [0.3, 0.4) is 0 Å². The lowest BCUT2D eigenvalue weighted by Gasteiger charge is -2.35. The van der Waals surface area contributed by atoms with Crippen LogP contribution >= 0.6 is 34.8 Å². The van der Waals surface area contributed by atoms with Gasteiger partial charge in [0.05, 0.1) is 15.6 Å². The normalized spacial score (nSPS) is 14.6. The summed E-state index contributed by atoms with van der Waals surface area (Å²) >= 11 is 18.2. The Balaban J connectivity index is 1.49. The van der Waals surface area contributed by atoms with Crippen molar-refractivity contribution >= 4 is 46.6 Å². The largest absolute Gasteiger partial charge is 0.483 e. The summed E-state index contributed by atoms with van der Waals surface area (Å²) in [5, 5.41) is 1.59. The number of nitrogens with zero attached hydrogens (tertiary/aromatic N) is 4. The summed E-state index contributed by atoms with van der Waals surface area (Å²) in [5.74, 6) is -0.0669. The van der Waals surface area contributed by atoms with E-state index in [-0.39, 0.29) is 18.4 Å². The molecule has 7 nitrogen and oxygen atoms in total. The van der Waals surface area contributed by atoms with Crippen molar-refractivity contribution in [3.63, 3.8) is 0 Å². The molecule has 1 saturated heterocycles. The number of hydrogen-bond donors (Lipinski definition) is 0. The average molecular weight is 542 g/mol. The van der Waals surface area contributed by atoms with Crippen molar-refractivity contribution < 1.29 is 14.3 Å². The molecule has 0 saturated carbocycles. The second-order valence-electron chi connectivity index (χ2n) is 8.81. The number of rotatable bonds is 9. The monoisotopic (exact) mass is 540 g/mol. The van der Waals surface area contributed by atoms with E-state index >= 15 is 0 Å². The maximum absolute atomic E-state index is 13.1. The molecular formula is C25H31Cl3N4O3. The van der Waals surface area contributed by atoms with E-state index in [4.69, 9.17) is 39.5 Å². The highest BCUT2D eigenvalue weighted by atomic mass is 35.5. The summed E-state index contributed by atoms with van der Waals surface area (Å²) in [7, 11) is 5.07. The van der Waals surface area contributed by atoms with E-state index in [0.717, 1.165) is 44.8 Å². The molecule has 0 atom stereocenters. The molecule has 1 fully saturated rings. The third-order valence-electron chi connectivity index (χ3n) is 5.98. The van der Waals surface area contributed by atoms with Gasteiger partial charge in [-0.2, -0.15) is 0 Å². The van der Waals surface area contributed by atoms with Crippen LogP contribution in [0.1, 0.15) is 15.9 Å². The van der Waals surface area contributed by atoms with Gasteiger partial charge in [-0.25, -0.2) is 0 Å². The van der Waals surface area contributed by atoms with Crippen LogP contribution in [0.25, 0.3) is 0 Å². The molecule has 2 aromatic carbocycles. The predicted molar refractivity (Wildman–Crippen MR) is 141 cm³/mol. The van der Waals surface area contributed by atoms with Gasteiger partial charge in [-0.1, -0.05) is 40.9 Å². The molecule has 1 heterocycles. The van der Waals surface area contributed by atoms with Gasteiger partial charge in [0, 0.05) is 72.0 Å². The zero-order valence-corrected chi connectivity index (χ0v) is 22.5. The number of amides is 2. The van der Waals surface area contributed by atoms with Gasteiger partial charge in [0.25, 0.3) is 11.8 Å². The first-order valence-corrected chi connectivity index (χ1v) is 12.5. The molecule has 0 aliphatic carbocycles. The smallest absolute Gasteiger partial charge is 0.259 e. The van der Waals surface area contributed by atoms with Gasteiger partial charge in [-0.05, 0) is 35.9 Å². The van der Waals surface area contributed by atoms with E-state index < -0.39 is 0 Å². The lowest BCUT2D eigenvalue weighted by Crippen LogP contribution is -2.48. The molecule has 10 heteroatoms. The van der Waals surface area contributed by atoms with Crippen LogP contribution in [-0.4, -0.2) is 98.4 Å². The van der Waals surface area contributed by atoms with Crippen molar-refractivity contribution in [1.82, 2.24) is 19.6 Å². The Hall–Kier alpha value is -2.03. The van der Waals surface area contributed by atoms with Crippen LogP contribution in [0.4, 0.5) is 0 Å². The molecule has 0 aromatic heterocycles. The Morgan fingerprint density at radius 3 is 2.26 bits per heavy atom. The van der Waals surface area contributed by atoms with E-state index in [0.29, 0.717) is 32.9 Å². The van der Waals surface area contributed by atoms with Crippen LogP contribution in [-0.2, 0) is 11.3 Å². The van der Waals surface area contributed by atoms with E-state index in [9.17, 15) is 9.59 Å². The summed E-state index contributed by atoms with van der Waals surface area (Å²) in [6.07, 6.45) is 0. The fourth-order valence-electron chi connectivity index (χ4n) is 3.73. The van der Waals surface area contributed by atoms with Crippen molar-refractivity contribution in [3.05, 3.63) is 62.6 Å². The molecule has 0 bridgehead atoms. The molecule has 0 spiro atoms. The first-order chi connectivity index (χ1) is 16.6. The van der Waals surface area contributed by atoms with Gasteiger partial charge in [-0.15, -0.1) is 0 Å². The number of benzene rings is 2. The molecule has 0 unspecified atom stereocenters. The van der Waals surface area contributed by atoms with Crippen LogP contribution in [0.5, 0.6) is 5.75 Å². The highest BCUT2D eigenvalue weighted by Gasteiger charge is 2.21. The molecule has 1 aliphatic heterocycles. The maximum atomic E-state index is 13.1. The lowest BCUT2D eigenvalue weighted by atomic mass is 10.1. The van der Waals surface area contributed by atoms with E-state index in [1.165, 1.54) is 4.90 Å². The van der Waals surface area contributed by atoms with Crippen LogP contribution < -0.4 is 4.74 Å². The van der Waals surface area contributed by atoms with Gasteiger partial charge >= 0.3 is 0 Å². The Morgan fingerprint density at radius 1 is 0.914 bits per heavy atom. The van der Waals surface area contributed by atoms with Crippen molar-refractivity contribution in [2.24, 2.45) is 0 Å². The molecule has 190 valence electrons. The van der Waals surface area contributed by atoms with Crippen LogP contribution in [0, 0.1) is 0 Å². The number of halogens is 3. The number of ether oxygens (including phenoxy) is 1. The average Bonchev–Trinajstić information content (AvgIpc) is 2.83. The fraction of sp³-hybridized carbons (Fsp3) is 0.440. The first-order valence-electron chi connectivity index (χ1n) is 11.4. The van der Waals surface area contributed by atoms with Crippen molar-refractivity contribution in [1.29, 1.82) is 0 Å². The van der Waals surface area contributed by atoms with E-state index in [1.807, 2.05) is 18.2 Å². The second kappa shape index (κ2) is 12.8. The molecule has 2 aromatic rings. The fourth-order valence-corrected chi connectivity index (χ4v) is 4.21. The predicted octanol–water partition coefficient (Wildman–Crippen LogP) is 4.00. The third-order valence-corrected chi connectivity index (χ3v) is 6.95. The molecule has 3 rings (SSSR count). The van der Waals surface area contributed by atoms with Gasteiger partial charge in [0.1, 0.15) is 5.75 Å². The molecule has 0 radical (unpaired) electrons.